The van der Waals surface area contributed by atoms with E-state index in [1.165, 1.54) is 25.4 Å². The number of ether oxygens (including phenoxy) is 1. The second-order valence-corrected chi connectivity index (χ2v) is 3.18. The summed E-state index contributed by atoms with van der Waals surface area (Å²) in [5.41, 5.74) is 0.585. The Balaban J connectivity index is 2.58. The van der Waals surface area contributed by atoms with E-state index < -0.39 is 11.6 Å². The van der Waals surface area contributed by atoms with Crippen molar-refractivity contribution >= 4 is 0 Å². The molecule has 2 nitrogen and oxygen atoms in total. The Hall–Kier alpha value is -1.97. The SMILES string of the molecule is COc1cccnc1-c1ccc(F)cc1F. The van der Waals surface area contributed by atoms with Gasteiger partial charge in [0.15, 0.2) is 0 Å². The van der Waals surface area contributed by atoms with Gasteiger partial charge in [0.25, 0.3) is 0 Å². The molecule has 4 heteroatoms. The van der Waals surface area contributed by atoms with Gasteiger partial charge in [-0.2, -0.15) is 0 Å². The summed E-state index contributed by atoms with van der Waals surface area (Å²) in [7, 11) is 1.47. The molecule has 1 aromatic heterocycles. The lowest BCUT2D eigenvalue weighted by Gasteiger charge is -2.07. The molecule has 0 fully saturated rings. The van der Waals surface area contributed by atoms with Crippen molar-refractivity contribution in [1.29, 1.82) is 0 Å². The van der Waals surface area contributed by atoms with Crippen molar-refractivity contribution in [3.8, 4) is 17.0 Å². The van der Waals surface area contributed by atoms with Crippen molar-refractivity contribution in [2.75, 3.05) is 7.11 Å². The highest BCUT2D eigenvalue weighted by Gasteiger charge is 2.11. The van der Waals surface area contributed by atoms with E-state index in [2.05, 4.69) is 4.98 Å². The zero-order chi connectivity index (χ0) is 11.5. The van der Waals surface area contributed by atoms with E-state index in [9.17, 15) is 8.78 Å². The Morgan fingerprint density at radius 3 is 2.69 bits per heavy atom. The zero-order valence-corrected chi connectivity index (χ0v) is 8.58. The van der Waals surface area contributed by atoms with Gasteiger partial charge < -0.3 is 4.74 Å². The molecular weight excluding hydrogens is 212 g/mol. The highest BCUT2D eigenvalue weighted by Crippen LogP contribution is 2.29. The van der Waals surface area contributed by atoms with Crippen LogP contribution in [0.15, 0.2) is 36.5 Å². The molecular formula is C12H9F2NO. The van der Waals surface area contributed by atoms with E-state index >= 15 is 0 Å². The van der Waals surface area contributed by atoms with Crippen molar-refractivity contribution in [1.82, 2.24) is 4.98 Å². The third kappa shape index (κ3) is 1.86. The van der Waals surface area contributed by atoms with Gasteiger partial charge in [-0.05, 0) is 24.3 Å². The number of halogens is 2. The molecule has 2 rings (SSSR count). The Kier molecular flexibility index (Phi) is 2.81. The third-order valence-electron chi connectivity index (χ3n) is 2.18. The molecule has 2 aromatic rings. The van der Waals surface area contributed by atoms with Crippen LogP contribution in [0.1, 0.15) is 0 Å². The summed E-state index contributed by atoms with van der Waals surface area (Å²) in [5.74, 6) is -0.818. The minimum absolute atomic E-state index is 0.221. The molecule has 16 heavy (non-hydrogen) atoms. The van der Waals surface area contributed by atoms with Crippen LogP contribution in [0.3, 0.4) is 0 Å². The first-order chi connectivity index (χ1) is 7.72. The first kappa shape index (κ1) is 10.5. The van der Waals surface area contributed by atoms with Gasteiger partial charge in [0.1, 0.15) is 23.1 Å². The maximum absolute atomic E-state index is 13.5. The van der Waals surface area contributed by atoms with Crippen molar-refractivity contribution in [3.05, 3.63) is 48.2 Å². The van der Waals surface area contributed by atoms with E-state index in [1.54, 1.807) is 12.1 Å². The van der Waals surface area contributed by atoms with Gasteiger partial charge in [0, 0.05) is 17.8 Å². The fourth-order valence-electron chi connectivity index (χ4n) is 1.44. The second-order valence-electron chi connectivity index (χ2n) is 3.18. The molecule has 0 aliphatic carbocycles. The average molecular weight is 221 g/mol. The van der Waals surface area contributed by atoms with E-state index in [0.717, 1.165) is 6.07 Å². The van der Waals surface area contributed by atoms with Gasteiger partial charge in [0.2, 0.25) is 0 Å². The quantitative estimate of drug-likeness (QED) is 0.777. The van der Waals surface area contributed by atoms with Crippen LogP contribution >= 0.6 is 0 Å². The molecule has 0 aliphatic rings. The molecule has 0 saturated carbocycles. The number of aromatic nitrogens is 1. The summed E-state index contributed by atoms with van der Waals surface area (Å²) in [6.45, 7) is 0. The molecule has 82 valence electrons. The maximum atomic E-state index is 13.5. The Morgan fingerprint density at radius 1 is 1.19 bits per heavy atom. The Bertz CT molecular complexity index is 514. The average Bonchev–Trinajstić information content (AvgIpc) is 2.29. The lowest BCUT2D eigenvalue weighted by atomic mass is 10.1. The summed E-state index contributed by atoms with van der Waals surface area (Å²) in [4.78, 5) is 4.02. The van der Waals surface area contributed by atoms with Gasteiger partial charge in [-0.25, -0.2) is 8.78 Å². The van der Waals surface area contributed by atoms with Crippen LogP contribution < -0.4 is 4.74 Å². The Morgan fingerprint density at radius 2 is 2.00 bits per heavy atom. The lowest BCUT2D eigenvalue weighted by Crippen LogP contribution is -1.93. The molecule has 0 N–H and O–H groups in total. The number of hydrogen-bond acceptors (Lipinski definition) is 2. The third-order valence-corrected chi connectivity index (χ3v) is 2.18. The summed E-state index contributed by atoms with van der Waals surface area (Å²) < 4.78 is 31.3. The minimum Gasteiger partial charge on any atom is -0.494 e. The molecule has 0 amide bonds. The predicted octanol–water partition coefficient (Wildman–Crippen LogP) is 3.04. The number of pyridine rings is 1. The minimum atomic E-state index is -0.656. The monoisotopic (exact) mass is 221 g/mol. The van der Waals surface area contributed by atoms with Gasteiger partial charge in [-0.3, -0.25) is 4.98 Å². The summed E-state index contributed by atoms with van der Waals surface area (Å²) in [6, 6.07) is 6.71. The van der Waals surface area contributed by atoms with Crippen molar-refractivity contribution < 1.29 is 13.5 Å². The van der Waals surface area contributed by atoms with Crippen LogP contribution in [-0.2, 0) is 0 Å². The highest BCUT2D eigenvalue weighted by molar-refractivity contribution is 5.66. The summed E-state index contributed by atoms with van der Waals surface area (Å²) in [6.07, 6.45) is 1.53. The van der Waals surface area contributed by atoms with Gasteiger partial charge in [-0.1, -0.05) is 0 Å². The highest BCUT2D eigenvalue weighted by atomic mass is 19.1. The summed E-state index contributed by atoms with van der Waals surface area (Å²) in [5, 5.41) is 0. The number of hydrogen-bond donors (Lipinski definition) is 0. The normalized spacial score (nSPS) is 10.2. The van der Waals surface area contributed by atoms with E-state index in [0.29, 0.717) is 11.4 Å². The van der Waals surface area contributed by atoms with E-state index in [1.807, 2.05) is 0 Å². The van der Waals surface area contributed by atoms with Crippen molar-refractivity contribution in [2.45, 2.75) is 0 Å². The van der Waals surface area contributed by atoms with Gasteiger partial charge in [0.05, 0.1) is 7.11 Å². The molecule has 0 atom stereocenters. The maximum Gasteiger partial charge on any atom is 0.145 e. The van der Waals surface area contributed by atoms with Crippen molar-refractivity contribution in [2.24, 2.45) is 0 Å². The van der Waals surface area contributed by atoms with Gasteiger partial charge >= 0.3 is 0 Å². The van der Waals surface area contributed by atoms with Crippen LogP contribution in [0.2, 0.25) is 0 Å². The standard InChI is InChI=1S/C12H9F2NO/c1-16-11-3-2-6-15-12(11)9-5-4-8(13)7-10(9)14/h2-7H,1H3. The van der Waals surface area contributed by atoms with Crippen LogP contribution in [-0.4, -0.2) is 12.1 Å². The largest absolute Gasteiger partial charge is 0.494 e. The van der Waals surface area contributed by atoms with Crippen LogP contribution in [0.4, 0.5) is 8.78 Å². The predicted molar refractivity (Wildman–Crippen MR) is 56.1 cm³/mol. The molecule has 0 saturated heterocycles. The molecule has 0 spiro atoms. The number of nitrogens with zero attached hydrogens (tertiary/aromatic N) is 1. The first-order valence-electron chi connectivity index (χ1n) is 4.67. The number of benzene rings is 1. The van der Waals surface area contributed by atoms with Crippen molar-refractivity contribution in [3.63, 3.8) is 0 Å². The summed E-state index contributed by atoms with van der Waals surface area (Å²) >= 11 is 0. The topological polar surface area (TPSA) is 22.1 Å². The van der Waals surface area contributed by atoms with E-state index in [-0.39, 0.29) is 5.56 Å². The van der Waals surface area contributed by atoms with Crippen LogP contribution in [0.5, 0.6) is 5.75 Å². The lowest BCUT2D eigenvalue weighted by molar-refractivity contribution is 0.414. The molecule has 1 aromatic carbocycles. The van der Waals surface area contributed by atoms with Crippen LogP contribution in [0.25, 0.3) is 11.3 Å². The second kappa shape index (κ2) is 4.26. The smallest absolute Gasteiger partial charge is 0.145 e. The van der Waals surface area contributed by atoms with E-state index in [4.69, 9.17) is 4.74 Å². The molecule has 0 bridgehead atoms. The molecule has 0 unspecified atom stereocenters. The van der Waals surface area contributed by atoms with Gasteiger partial charge in [-0.15, -0.1) is 0 Å². The molecule has 0 radical (unpaired) electrons. The number of methoxy groups -OCH3 is 1. The fourth-order valence-corrected chi connectivity index (χ4v) is 1.44. The molecule has 1 heterocycles. The van der Waals surface area contributed by atoms with Crippen LogP contribution in [0, 0.1) is 11.6 Å². The number of rotatable bonds is 2. The first-order valence-corrected chi connectivity index (χ1v) is 4.67. The zero-order valence-electron chi connectivity index (χ0n) is 8.58. The fraction of sp³-hybridized carbons (Fsp3) is 0.0833. The molecule has 0 aliphatic heterocycles. The Labute approximate surface area is 91.5 Å².